The van der Waals surface area contributed by atoms with Crippen LogP contribution in [0.1, 0.15) is 45.6 Å². The second-order valence-corrected chi connectivity index (χ2v) is 6.59. The molecular weight excluding hydrogens is 260 g/mol. The number of nitrogens with two attached hydrogens (primary N) is 1. The Morgan fingerprint density at radius 1 is 1.24 bits per heavy atom. The third-order valence-electron chi connectivity index (χ3n) is 5.29. The van der Waals surface area contributed by atoms with Crippen LogP contribution in [0.25, 0.3) is 0 Å². The van der Waals surface area contributed by atoms with Gasteiger partial charge in [-0.2, -0.15) is 0 Å². The monoisotopic (exact) mass is 290 g/mol. The van der Waals surface area contributed by atoms with Crippen molar-refractivity contribution in [1.82, 2.24) is 0 Å². The van der Waals surface area contributed by atoms with Crippen LogP contribution in [0.5, 0.6) is 0 Å². The Morgan fingerprint density at radius 3 is 2.43 bits per heavy atom. The summed E-state index contributed by atoms with van der Waals surface area (Å²) in [5, 5.41) is 0. The lowest BCUT2D eigenvalue weighted by atomic mass is 9.78. The summed E-state index contributed by atoms with van der Waals surface area (Å²) in [6.07, 6.45) is 4.08. The highest BCUT2D eigenvalue weighted by molar-refractivity contribution is 5.50. The van der Waals surface area contributed by atoms with Crippen LogP contribution in [0.3, 0.4) is 0 Å². The molecule has 2 unspecified atom stereocenters. The quantitative estimate of drug-likeness (QED) is 0.903. The highest BCUT2D eigenvalue weighted by Crippen LogP contribution is 2.39. The van der Waals surface area contributed by atoms with Crippen molar-refractivity contribution < 1.29 is 4.74 Å². The number of hydrogen-bond donors (Lipinski definition) is 1. The predicted molar refractivity (Wildman–Crippen MR) is 89.9 cm³/mol. The van der Waals surface area contributed by atoms with Gasteiger partial charge in [0.15, 0.2) is 0 Å². The Hall–Kier alpha value is -1.06. The summed E-state index contributed by atoms with van der Waals surface area (Å²) in [4.78, 5) is 2.38. The fraction of sp³-hybridized carbons (Fsp3) is 0.667. The van der Waals surface area contributed by atoms with Crippen LogP contribution in [0.15, 0.2) is 24.3 Å². The molecule has 1 aliphatic heterocycles. The molecule has 3 nitrogen and oxygen atoms in total. The molecule has 2 rings (SSSR count). The summed E-state index contributed by atoms with van der Waals surface area (Å²) in [6, 6.07) is 8.87. The molecular formula is C18H30N2O. The molecule has 1 heterocycles. The summed E-state index contributed by atoms with van der Waals surface area (Å²) in [6.45, 7) is 8.05. The molecule has 0 saturated carbocycles. The summed E-state index contributed by atoms with van der Waals surface area (Å²) in [5.74, 6) is 0. The first kappa shape index (κ1) is 16.3. The Bertz CT molecular complexity index is 459. The van der Waals surface area contributed by atoms with E-state index in [1.807, 2.05) is 0 Å². The van der Waals surface area contributed by atoms with E-state index >= 15 is 0 Å². The van der Waals surface area contributed by atoms with Gasteiger partial charge >= 0.3 is 0 Å². The highest BCUT2D eigenvalue weighted by atomic mass is 16.5. The van der Waals surface area contributed by atoms with Crippen molar-refractivity contribution in [2.75, 3.05) is 25.1 Å². The first-order chi connectivity index (χ1) is 9.98. The van der Waals surface area contributed by atoms with Gasteiger partial charge in [-0.05, 0) is 43.9 Å². The van der Waals surface area contributed by atoms with E-state index in [-0.39, 0.29) is 11.1 Å². The van der Waals surface area contributed by atoms with Crippen molar-refractivity contribution >= 4 is 5.69 Å². The number of ether oxygens (including phenoxy) is 1. The SMILES string of the molecule is CCc1ccc(N(C)C2(CN)CCOC(C)(CC)C2)cc1. The second-order valence-electron chi connectivity index (χ2n) is 6.59. The van der Waals surface area contributed by atoms with Crippen LogP contribution in [-0.4, -0.2) is 31.3 Å². The molecule has 118 valence electrons. The smallest absolute Gasteiger partial charge is 0.0674 e. The van der Waals surface area contributed by atoms with Crippen LogP contribution in [0.4, 0.5) is 5.69 Å². The summed E-state index contributed by atoms with van der Waals surface area (Å²) in [7, 11) is 2.18. The molecule has 2 atom stereocenters. The average Bonchev–Trinajstić information content (AvgIpc) is 2.54. The maximum absolute atomic E-state index is 6.21. The van der Waals surface area contributed by atoms with Gasteiger partial charge in [0.25, 0.3) is 0 Å². The van der Waals surface area contributed by atoms with Gasteiger partial charge in [-0.25, -0.2) is 0 Å². The van der Waals surface area contributed by atoms with Gasteiger partial charge < -0.3 is 15.4 Å². The fourth-order valence-corrected chi connectivity index (χ4v) is 3.38. The molecule has 3 heteroatoms. The van der Waals surface area contributed by atoms with Gasteiger partial charge in [-0.15, -0.1) is 0 Å². The fourth-order valence-electron chi connectivity index (χ4n) is 3.38. The molecule has 1 fully saturated rings. The number of hydrogen-bond acceptors (Lipinski definition) is 3. The van der Waals surface area contributed by atoms with Gasteiger partial charge in [-0.3, -0.25) is 0 Å². The predicted octanol–water partition coefficient (Wildman–Crippen LogP) is 3.36. The van der Waals surface area contributed by atoms with E-state index in [2.05, 4.69) is 57.0 Å². The number of aryl methyl sites for hydroxylation is 1. The lowest BCUT2D eigenvalue weighted by Gasteiger charge is -2.51. The molecule has 2 N–H and O–H groups in total. The van der Waals surface area contributed by atoms with Crippen molar-refractivity contribution in [3.05, 3.63) is 29.8 Å². The van der Waals surface area contributed by atoms with Crippen LogP contribution in [0.2, 0.25) is 0 Å². The zero-order valence-corrected chi connectivity index (χ0v) is 14.0. The van der Waals surface area contributed by atoms with Crippen molar-refractivity contribution in [2.45, 2.75) is 57.6 Å². The van der Waals surface area contributed by atoms with Crippen molar-refractivity contribution in [3.63, 3.8) is 0 Å². The first-order valence-corrected chi connectivity index (χ1v) is 8.15. The van der Waals surface area contributed by atoms with Crippen molar-refractivity contribution in [2.24, 2.45) is 5.73 Å². The Labute approximate surface area is 129 Å². The number of benzene rings is 1. The molecule has 0 radical (unpaired) electrons. The van der Waals surface area contributed by atoms with Crippen molar-refractivity contribution in [1.29, 1.82) is 0 Å². The molecule has 1 aliphatic rings. The number of anilines is 1. The van der Waals surface area contributed by atoms with Gasteiger partial charge in [0.05, 0.1) is 11.1 Å². The third-order valence-corrected chi connectivity index (χ3v) is 5.29. The number of rotatable bonds is 5. The minimum absolute atomic E-state index is 0.00323. The Balaban J connectivity index is 2.26. The van der Waals surface area contributed by atoms with E-state index in [9.17, 15) is 0 Å². The zero-order chi connectivity index (χ0) is 15.5. The Morgan fingerprint density at radius 2 is 1.90 bits per heavy atom. The lowest BCUT2D eigenvalue weighted by molar-refractivity contribution is -0.0928. The van der Waals surface area contributed by atoms with Gasteiger partial charge in [-0.1, -0.05) is 26.0 Å². The molecule has 0 aliphatic carbocycles. The van der Waals surface area contributed by atoms with Gasteiger partial charge in [0.2, 0.25) is 0 Å². The van der Waals surface area contributed by atoms with Crippen LogP contribution < -0.4 is 10.6 Å². The third kappa shape index (κ3) is 3.24. The van der Waals surface area contributed by atoms with E-state index in [1.165, 1.54) is 11.3 Å². The molecule has 0 amide bonds. The molecule has 1 saturated heterocycles. The molecule has 0 bridgehead atoms. The topological polar surface area (TPSA) is 38.5 Å². The largest absolute Gasteiger partial charge is 0.375 e. The van der Waals surface area contributed by atoms with E-state index < -0.39 is 0 Å². The van der Waals surface area contributed by atoms with Crippen molar-refractivity contribution in [3.8, 4) is 0 Å². The standard InChI is InChI=1S/C18H30N2O/c1-5-15-7-9-16(10-8-15)20(4)18(14-19)11-12-21-17(3,6-2)13-18/h7-10H,5-6,11-14,19H2,1-4H3. The highest BCUT2D eigenvalue weighted by Gasteiger charge is 2.44. The lowest BCUT2D eigenvalue weighted by Crippen LogP contribution is -2.60. The maximum Gasteiger partial charge on any atom is 0.0674 e. The van der Waals surface area contributed by atoms with E-state index in [0.29, 0.717) is 6.54 Å². The van der Waals surface area contributed by atoms with Crippen LogP contribution in [-0.2, 0) is 11.2 Å². The molecule has 0 spiro atoms. The average molecular weight is 290 g/mol. The zero-order valence-electron chi connectivity index (χ0n) is 14.0. The normalized spacial score (nSPS) is 29.4. The summed E-state index contributed by atoms with van der Waals surface area (Å²) >= 11 is 0. The van der Waals surface area contributed by atoms with E-state index in [1.54, 1.807) is 0 Å². The minimum Gasteiger partial charge on any atom is -0.375 e. The molecule has 0 aromatic heterocycles. The van der Waals surface area contributed by atoms with Gasteiger partial charge in [0, 0.05) is 32.3 Å². The number of likely N-dealkylation sites (N-methyl/N-ethyl adjacent to an activating group) is 1. The molecule has 1 aromatic carbocycles. The minimum atomic E-state index is -0.0603. The van der Waals surface area contributed by atoms with Crippen LogP contribution in [0, 0.1) is 0 Å². The Kier molecular flexibility index (Phi) is 4.95. The molecule has 21 heavy (non-hydrogen) atoms. The van der Waals surface area contributed by atoms with Gasteiger partial charge in [0.1, 0.15) is 0 Å². The first-order valence-electron chi connectivity index (χ1n) is 8.15. The van der Waals surface area contributed by atoms with Crippen LogP contribution >= 0.6 is 0 Å². The van der Waals surface area contributed by atoms with E-state index in [0.717, 1.165) is 32.3 Å². The molecule has 1 aromatic rings. The summed E-state index contributed by atoms with van der Waals surface area (Å²) < 4.78 is 6.01. The maximum atomic E-state index is 6.21. The van der Waals surface area contributed by atoms with E-state index in [4.69, 9.17) is 10.5 Å². The number of nitrogens with zero attached hydrogens (tertiary/aromatic N) is 1. The summed E-state index contributed by atoms with van der Waals surface area (Å²) in [5.41, 5.74) is 8.77. The second kappa shape index (κ2) is 6.37.